The van der Waals surface area contributed by atoms with E-state index in [4.69, 9.17) is 5.73 Å². The van der Waals surface area contributed by atoms with Gasteiger partial charge in [0, 0.05) is 42.5 Å². The Hall–Kier alpha value is -2.47. The largest absolute Gasteiger partial charge is 0.383 e. The number of fused-ring (bicyclic) bond motifs is 1. The Morgan fingerprint density at radius 3 is 2.66 bits per heavy atom. The molecule has 0 unspecified atom stereocenters. The van der Waals surface area contributed by atoms with Crippen LogP contribution in [-0.2, 0) is 13.0 Å². The second kappa shape index (κ2) is 8.81. The number of nitrogens with zero attached hydrogens (tertiary/aromatic N) is 3. The zero-order valence-electron chi connectivity index (χ0n) is 18.9. The van der Waals surface area contributed by atoms with Gasteiger partial charge in [-0.25, -0.2) is 9.37 Å². The molecule has 2 N–H and O–H groups in total. The van der Waals surface area contributed by atoms with Crippen molar-refractivity contribution >= 4 is 11.7 Å². The fraction of sp³-hybridized carbons (Fsp3) is 0.538. The predicted molar refractivity (Wildman–Crippen MR) is 125 cm³/mol. The first-order valence-corrected chi connectivity index (χ1v) is 12.1. The molecule has 1 aromatic carbocycles. The number of aromatic nitrogens is 1. The fourth-order valence-electron chi connectivity index (χ4n) is 5.82. The third-order valence-electron chi connectivity index (χ3n) is 7.74. The van der Waals surface area contributed by atoms with E-state index in [1.54, 1.807) is 12.3 Å². The SMILES string of the molecule is C[C@@H]1CCCN1Cc1ccc(-c2cnc(N)c3c2CCN(C2CCCCC2)C3=O)cc1F. The molecular weight excluding hydrogens is 403 g/mol. The summed E-state index contributed by atoms with van der Waals surface area (Å²) in [7, 11) is 0. The summed E-state index contributed by atoms with van der Waals surface area (Å²) >= 11 is 0. The van der Waals surface area contributed by atoms with Crippen molar-refractivity contribution < 1.29 is 9.18 Å². The van der Waals surface area contributed by atoms with Crippen molar-refractivity contribution in [2.45, 2.75) is 76.9 Å². The van der Waals surface area contributed by atoms with Gasteiger partial charge in [-0.2, -0.15) is 0 Å². The first kappa shape index (κ1) is 21.4. The van der Waals surface area contributed by atoms with Crippen LogP contribution in [0.4, 0.5) is 10.2 Å². The average molecular weight is 437 g/mol. The Labute approximate surface area is 189 Å². The Morgan fingerprint density at radius 1 is 1.12 bits per heavy atom. The van der Waals surface area contributed by atoms with Crippen molar-refractivity contribution in [1.82, 2.24) is 14.8 Å². The van der Waals surface area contributed by atoms with Crippen LogP contribution in [0.15, 0.2) is 24.4 Å². The molecule has 1 saturated carbocycles. The van der Waals surface area contributed by atoms with Gasteiger partial charge in [0.05, 0.1) is 5.56 Å². The molecule has 32 heavy (non-hydrogen) atoms. The highest BCUT2D eigenvalue weighted by Crippen LogP contribution is 2.35. The second-order valence-electron chi connectivity index (χ2n) is 9.72. The Bertz CT molecular complexity index is 1020. The van der Waals surface area contributed by atoms with Gasteiger partial charge in [0.2, 0.25) is 0 Å². The van der Waals surface area contributed by atoms with Crippen molar-refractivity contribution in [2.75, 3.05) is 18.8 Å². The number of halogens is 1. The Kier molecular flexibility index (Phi) is 5.89. The lowest BCUT2D eigenvalue weighted by molar-refractivity contribution is 0.0616. The number of nitrogens with two attached hydrogens (primary N) is 1. The van der Waals surface area contributed by atoms with E-state index in [9.17, 15) is 4.79 Å². The predicted octanol–water partition coefficient (Wildman–Crippen LogP) is 4.79. The van der Waals surface area contributed by atoms with E-state index in [1.165, 1.54) is 32.1 Å². The summed E-state index contributed by atoms with van der Waals surface area (Å²) in [6, 6.07) is 6.25. The van der Waals surface area contributed by atoms with Crippen LogP contribution in [0.25, 0.3) is 11.1 Å². The van der Waals surface area contributed by atoms with Crippen LogP contribution in [0.3, 0.4) is 0 Å². The maximum Gasteiger partial charge on any atom is 0.258 e. The van der Waals surface area contributed by atoms with Crippen molar-refractivity contribution in [1.29, 1.82) is 0 Å². The smallest absolute Gasteiger partial charge is 0.258 e. The number of anilines is 1. The highest BCUT2D eigenvalue weighted by atomic mass is 19.1. The lowest BCUT2D eigenvalue weighted by Gasteiger charge is -2.38. The maximum absolute atomic E-state index is 15.1. The standard InChI is InChI=1S/C26H33FN4O/c1-17-6-5-12-30(17)16-19-10-9-18(14-23(19)27)22-15-29-25(28)24-21(22)11-13-31(26(24)32)20-7-3-2-4-8-20/h9-10,14-15,17,20H,2-8,11-13,16H2,1H3,(H2,28,29)/t17-/m1/s1. The van der Waals surface area contributed by atoms with Crippen molar-refractivity contribution in [3.63, 3.8) is 0 Å². The number of amides is 1. The third-order valence-corrected chi connectivity index (χ3v) is 7.74. The molecule has 2 fully saturated rings. The molecule has 0 bridgehead atoms. The number of benzene rings is 1. The van der Waals surface area contributed by atoms with Gasteiger partial charge in [-0.05, 0) is 62.8 Å². The molecule has 1 saturated heterocycles. The molecule has 0 spiro atoms. The van der Waals surface area contributed by atoms with Crippen LogP contribution in [0.2, 0.25) is 0 Å². The summed E-state index contributed by atoms with van der Waals surface area (Å²) in [5.41, 5.74) is 9.94. The van der Waals surface area contributed by atoms with Crippen molar-refractivity contribution in [2.24, 2.45) is 0 Å². The number of carbonyl (C=O) groups excluding carboxylic acids is 1. The lowest BCUT2D eigenvalue weighted by Crippen LogP contribution is -2.46. The Balaban J connectivity index is 1.44. The average Bonchev–Trinajstić information content (AvgIpc) is 3.20. The van der Waals surface area contributed by atoms with Crippen LogP contribution < -0.4 is 5.73 Å². The second-order valence-corrected chi connectivity index (χ2v) is 9.72. The summed E-state index contributed by atoms with van der Waals surface area (Å²) in [4.78, 5) is 22.1. The first-order valence-electron chi connectivity index (χ1n) is 12.1. The van der Waals surface area contributed by atoms with Crippen molar-refractivity contribution in [3.05, 3.63) is 46.9 Å². The molecule has 170 valence electrons. The minimum Gasteiger partial charge on any atom is -0.383 e. The zero-order chi connectivity index (χ0) is 22.2. The normalized spacial score (nSPS) is 22.4. The van der Waals surface area contributed by atoms with Crippen LogP contribution >= 0.6 is 0 Å². The van der Waals surface area contributed by atoms with Crippen LogP contribution in [-0.4, -0.2) is 45.9 Å². The first-order chi connectivity index (χ1) is 15.5. The summed E-state index contributed by atoms with van der Waals surface area (Å²) in [5.74, 6) is 0.0811. The van der Waals surface area contributed by atoms with Gasteiger partial charge in [-0.15, -0.1) is 0 Å². The Morgan fingerprint density at radius 2 is 1.94 bits per heavy atom. The number of pyridine rings is 1. The van der Waals surface area contributed by atoms with Crippen LogP contribution in [0, 0.1) is 5.82 Å². The lowest BCUT2D eigenvalue weighted by atomic mass is 9.88. The zero-order valence-corrected chi connectivity index (χ0v) is 18.9. The van der Waals surface area contributed by atoms with E-state index in [2.05, 4.69) is 16.8 Å². The van der Waals surface area contributed by atoms with E-state index in [0.29, 0.717) is 30.7 Å². The van der Waals surface area contributed by atoms with Crippen LogP contribution in [0.1, 0.15) is 73.4 Å². The van der Waals surface area contributed by atoms with E-state index >= 15 is 4.39 Å². The molecule has 2 aliphatic heterocycles. The van der Waals surface area contributed by atoms with E-state index in [0.717, 1.165) is 48.1 Å². The highest BCUT2D eigenvalue weighted by Gasteiger charge is 2.34. The van der Waals surface area contributed by atoms with E-state index < -0.39 is 0 Å². The topological polar surface area (TPSA) is 62.5 Å². The molecule has 1 amide bonds. The molecule has 3 heterocycles. The summed E-state index contributed by atoms with van der Waals surface area (Å²) in [6.07, 6.45) is 10.5. The van der Waals surface area contributed by atoms with Gasteiger partial charge in [-0.1, -0.05) is 31.4 Å². The van der Waals surface area contributed by atoms with Gasteiger partial charge in [-0.3, -0.25) is 9.69 Å². The number of carbonyl (C=O) groups is 1. The molecule has 1 aromatic heterocycles. The van der Waals surface area contributed by atoms with E-state index in [1.807, 2.05) is 17.0 Å². The fourth-order valence-corrected chi connectivity index (χ4v) is 5.82. The van der Waals surface area contributed by atoms with Crippen LogP contribution in [0.5, 0.6) is 0 Å². The molecule has 5 nitrogen and oxygen atoms in total. The van der Waals surface area contributed by atoms with Gasteiger partial charge >= 0.3 is 0 Å². The molecular formula is C26H33FN4O. The number of hydrogen-bond donors (Lipinski definition) is 1. The number of likely N-dealkylation sites (tertiary alicyclic amines) is 1. The van der Waals surface area contributed by atoms with Gasteiger partial charge in [0.1, 0.15) is 11.6 Å². The maximum atomic E-state index is 15.1. The highest BCUT2D eigenvalue weighted by molar-refractivity contribution is 6.02. The quantitative estimate of drug-likeness (QED) is 0.749. The molecule has 5 rings (SSSR count). The monoisotopic (exact) mass is 436 g/mol. The minimum absolute atomic E-state index is 0.00915. The number of nitrogen functional groups attached to an aromatic ring is 1. The molecule has 6 heteroatoms. The molecule has 2 aromatic rings. The molecule has 1 aliphatic carbocycles. The summed E-state index contributed by atoms with van der Waals surface area (Å²) < 4.78 is 15.1. The van der Waals surface area contributed by atoms with E-state index in [-0.39, 0.29) is 17.5 Å². The molecule has 3 aliphatic rings. The third kappa shape index (κ3) is 3.90. The number of hydrogen-bond acceptors (Lipinski definition) is 4. The van der Waals surface area contributed by atoms with Crippen molar-refractivity contribution in [3.8, 4) is 11.1 Å². The molecule has 1 atom stereocenters. The van der Waals surface area contributed by atoms with Gasteiger partial charge in [0.25, 0.3) is 5.91 Å². The molecule has 0 radical (unpaired) electrons. The van der Waals surface area contributed by atoms with Gasteiger partial charge < -0.3 is 10.6 Å². The summed E-state index contributed by atoms with van der Waals surface area (Å²) in [5, 5.41) is 0. The summed E-state index contributed by atoms with van der Waals surface area (Å²) in [6.45, 7) is 4.57. The minimum atomic E-state index is -0.196. The number of rotatable bonds is 4. The van der Waals surface area contributed by atoms with Gasteiger partial charge in [0.15, 0.2) is 0 Å².